The van der Waals surface area contributed by atoms with E-state index in [0.717, 1.165) is 26.2 Å². The summed E-state index contributed by atoms with van der Waals surface area (Å²) in [4.78, 5) is 48.3. The number of rotatable bonds is 15. The molecule has 2 N–H and O–H groups in total. The van der Waals surface area contributed by atoms with Crippen LogP contribution in [-0.2, 0) is 56.7 Å². The van der Waals surface area contributed by atoms with Crippen LogP contribution in [0.25, 0.3) is 11.0 Å². The molecule has 5 rings (SSSR count). The molecule has 0 aromatic carbocycles. The lowest BCUT2D eigenvalue weighted by atomic mass is 10.1. The maximum absolute atomic E-state index is 14.5. The number of hydrogen-bond acceptors (Lipinski definition) is 16. The Kier molecular flexibility index (Phi) is 12.9. The number of nitrogens with one attached hydrogen (secondary N) is 1. The van der Waals surface area contributed by atoms with E-state index >= 15 is 0 Å². The van der Waals surface area contributed by atoms with Crippen LogP contribution in [0.2, 0.25) is 5.28 Å². The molecule has 0 spiro atoms. The second-order valence-corrected chi connectivity index (χ2v) is 17.6. The van der Waals surface area contributed by atoms with Gasteiger partial charge < -0.3 is 42.6 Å². The lowest BCUT2D eigenvalue weighted by molar-refractivity contribution is -0.207. The first-order valence-electron chi connectivity index (χ1n) is 17.0. The van der Waals surface area contributed by atoms with Gasteiger partial charge in [-0.3, -0.25) is 14.3 Å². The summed E-state index contributed by atoms with van der Waals surface area (Å²) in [6.07, 6.45) is -0.937. The van der Waals surface area contributed by atoms with Gasteiger partial charge in [0.2, 0.25) is 5.28 Å². The maximum atomic E-state index is 14.5. The highest BCUT2D eigenvalue weighted by molar-refractivity contribution is 7.91. The van der Waals surface area contributed by atoms with Crippen molar-refractivity contribution in [1.82, 2.24) is 24.5 Å². The largest absolute Gasteiger partial charge is 0.465 e. The first-order valence-corrected chi connectivity index (χ1v) is 20.9. The van der Waals surface area contributed by atoms with Crippen LogP contribution in [0.3, 0.4) is 0 Å². The summed E-state index contributed by atoms with van der Waals surface area (Å²) in [5.41, 5.74) is 0.142. The minimum absolute atomic E-state index is 0.0670. The zero-order valence-corrected chi connectivity index (χ0v) is 33.3. The van der Waals surface area contributed by atoms with E-state index in [-0.39, 0.29) is 41.4 Å². The van der Waals surface area contributed by atoms with Gasteiger partial charge in [0.1, 0.15) is 28.2 Å². The van der Waals surface area contributed by atoms with Gasteiger partial charge in [-0.25, -0.2) is 23.2 Å². The van der Waals surface area contributed by atoms with Crippen molar-refractivity contribution >= 4 is 64.1 Å². The Morgan fingerprint density at radius 3 is 2.41 bits per heavy atom. The first-order chi connectivity index (χ1) is 25.4. The lowest BCUT2D eigenvalue weighted by Gasteiger charge is -2.36. The van der Waals surface area contributed by atoms with Crippen molar-refractivity contribution in [2.24, 2.45) is 4.36 Å². The van der Waals surface area contributed by atoms with E-state index in [9.17, 15) is 28.3 Å². The molecule has 2 aliphatic heterocycles. The average molecular weight is 826 g/mol. The van der Waals surface area contributed by atoms with E-state index in [1.165, 1.54) is 36.7 Å². The van der Waals surface area contributed by atoms with E-state index in [2.05, 4.69) is 24.2 Å². The quantitative estimate of drug-likeness (QED) is 0.191. The third-order valence-corrected chi connectivity index (χ3v) is 12.6. The predicted molar refractivity (Wildman–Crippen MR) is 189 cm³/mol. The molecule has 6 atom stereocenters. The average Bonchev–Trinajstić information content (AvgIpc) is 3.87. The minimum Gasteiger partial charge on any atom is -0.465 e. The van der Waals surface area contributed by atoms with E-state index in [1.807, 2.05) is 4.72 Å². The van der Waals surface area contributed by atoms with Crippen LogP contribution in [0.4, 0.5) is 15.4 Å². The van der Waals surface area contributed by atoms with Gasteiger partial charge in [-0.2, -0.15) is 15.1 Å². The van der Waals surface area contributed by atoms with Gasteiger partial charge in [0.05, 0.1) is 45.1 Å². The van der Waals surface area contributed by atoms with Crippen molar-refractivity contribution in [3.8, 4) is 0 Å². The number of nitrogens with zero attached hydrogens (tertiary/aromatic N) is 6. The Hall–Kier alpha value is -3.05. The lowest BCUT2D eigenvalue weighted by Crippen LogP contribution is -2.49. The summed E-state index contributed by atoms with van der Waals surface area (Å²) in [7, 11) is -6.33. The van der Waals surface area contributed by atoms with Gasteiger partial charge in [-0.15, -0.1) is 4.36 Å². The monoisotopic (exact) mass is 825 g/mol. The van der Waals surface area contributed by atoms with Crippen LogP contribution < -0.4 is 9.62 Å². The topological polar surface area (TPSA) is 251 Å². The highest BCUT2D eigenvalue weighted by atomic mass is 35.5. The first kappa shape index (κ1) is 42.1. The Labute approximate surface area is 316 Å². The fourth-order valence-electron chi connectivity index (χ4n) is 6.72. The maximum Gasteiger partial charge on any atom is 0.419 e. The number of hydrogen-bond donors (Lipinski definition) is 2. The third-order valence-electron chi connectivity index (χ3n) is 8.81. The smallest absolute Gasteiger partial charge is 0.419 e. The molecule has 24 heteroatoms. The van der Waals surface area contributed by atoms with Gasteiger partial charge in [-0.05, 0) is 52.1 Å². The zero-order chi connectivity index (χ0) is 39.6. The summed E-state index contributed by atoms with van der Waals surface area (Å²) < 4.78 is 80.7. The summed E-state index contributed by atoms with van der Waals surface area (Å²) in [6.45, 7) is 4.61. The van der Waals surface area contributed by atoms with Crippen LogP contribution in [0, 0.1) is 0 Å². The number of ether oxygens (including phenoxy) is 6. The number of amides is 3. The third kappa shape index (κ3) is 8.37. The van der Waals surface area contributed by atoms with Crippen LogP contribution in [0.1, 0.15) is 59.6 Å². The summed E-state index contributed by atoms with van der Waals surface area (Å²) in [5.74, 6) is -2.49. The van der Waals surface area contributed by atoms with Crippen molar-refractivity contribution in [3.63, 3.8) is 0 Å². The van der Waals surface area contributed by atoms with Crippen molar-refractivity contribution in [2.45, 2.75) is 95.1 Å². The molecule has 21 nitrogen and oxygen atoms in total. The number of carbonyl (C=O) groups is 3. The number of carbonyl (C=O) groups excluding carboxylic acids is 2. The molecule has 302 valence electrons. The molecule has 54 heavy (non-hydrogen) atoms. The molecular weight excluding hydrogens is 781 g/mol. The highest BCUT2D eigenvalue weighted by Crippen LogP contribution is 2.61. The number of anilines is 1. The Balaban J connectivity index is 1.55. The van der Waals surface area contributed by atoms with Gasteiger partial charge >= 0.3 is 25.7 Å². The molecule has 0 bridgehead atoms. The SMILES string of the molecule is CCOP(=O)(OCC)C(COC)(OC[C@H]1O[C@@H](n2ncc3c(N(C(=O)O)C4CCCC4)nc(Cl)nc32)[C@@H]2OC(C)(C)O[C@@H]21)C(=O)N=S(C)(=O)NC(=O)OC. The zero-order valence-electron chi connectivity index (χ0n) is 30.8. The molecule has 2 saturated heterocycles. The number of methoxy groups -OCH3 is 2. The second kappa shape index (κ2) is 16.6. The number of carboxylic acid groups (broad SMARTS) is 1. The van der Waals surface area contributed by atoms with Crippen molar-refractivity contribution in [2.75, 3.05) is 51.8 Å². The van der Waals surface area contributed by atoms with Crippen LogP contribution >= 0.6 is 19.2 Å². The fraction of sp³-hybridized carbons (Fsp3) is 0.733. The molecule has 3 aliphatic rings. The normalized spacial score (nSPS) is 24.8. The Bertz CT molecular complexity index is 1890. The minimum atomic E-state index is -4.69. The van der Waals surface area contributed by atoms with Crippen molar-refractivity contribution in [1.29, 1.82) is 0 Å². The van der Waals surface area contributed by atoms with Gasteiger partial charge in [-0.1, -0.05) is 12.8 Å². The van der Waals surface area contributed by atoms with Gasteiger partial charge in [0.25, 0.3) is 5.34 Å². The molecule has 3 amide bonds. The highest BCUT2D eigenvalue weighted by Gasteiger charge is 2.62. The molecule has 1 aliphatic carbocycles. The molecule has 3 fully saturated rings. The number of aromatic nitrogens is 4. The summed E-state index contributed by atoms with van der Waals surface area (Å²) >= 11 is 6.38. The molecule has 2 unspecified atom stereocenters. The van der Waals surface area contributed by atoms with Gasteiger partial charge in [0.15, 0.2) is 23.5 Å². The molecule has 2 aromatic heterocycles. The molecular formula is C30H45ClN7O14PS. The molecule has 1 saturated carbocycles. The second-order valence-electron chi connectivity index (χ2n) is 13.0. The van der Waals surface area contributed by atoms with E-state index in [4.69, 9.17) is 44.3 Å². The van der Waals surface area contributed by atoms with E-state index < -0.39 is 84.5 Å². The Morgan fingerprint density at radius 2 is 1.81 bits per heavy atom. The molecule has 4 heterocycles. The standard InChI is InChI=1S/C30H45ClN7O14PS/c1-8-48-53(43,49-9-2)30(16-45-5,25(39)35-54(7,44)36-27(40)46-6)47-15-19-20-21(52-29(3,4)51-20)24(50-19)38-23-18(14-32-38)22(33-26(31)34-23)37(28(41)42)17-12-10-11-13-17/h14,17,19-21,24H,8-13,15-16H2,1-7H3,(H,41,42)(H,35,36,39,40,44)/t19-,20-,21-,24-,30?,54?/m1/s1. The van der Waals surface area contributed by atoms with Crippen LogP contribution in [0.15, 0.2) is 10.6 Å². The predicted octanol–water partition coefficient (Wildman–Crippen LogP) is 3.85. The van der Waals surface area contributed by atoms with Gasteiger partial charge in [0, 0.05) is 19.4 Å². The number of fused-ring (bicyclic) bond motifs is 2. The fourth-order valence-corrected chi connectivity index (χ4v) is 9.82. The summed E-state index contributed by atoms with van der Waals surface area (Å²) in [6, 6.07) is -0.315. The van der Waals surface area contributed by atoms with Crippen molar-refractivity contribution in [3.05, 3.63) is 11.5 Å². The summed E-state index contributed by atoms with van der Waals surface area (Å²) in [5, 5.41) is 12.1. The van der Waals surface area contributed by atoms with Crippen molar-refractivity contribution < 1.29 is 65.7 Å². The Morgan fingerprint density at radius 1 is 1.17 bits per heavy atom. The molecule has 0 radical (unpaired) electrons. The molecule has 2 aromatic rings. The van der Waals surface area contributed by atoms with E-state index in [0.29, 0.717) is 12.8 Å². The van der Waals surface area contributed by atoms with Crippen LogP contribution in [0.5, 0.6) is 0 Å². The number of halogens is 1. The van der Waals surface area contributed by atoms with Crippen LogP contribution in [-0.4, -0.2) is 130 Å². The van der Waals surface area contributed by atoms with E-state index in [1.54, 1.807) is 13.8 Å².